The summed E-state index contributed by atoms with van der Waals surface area (Å²) >= 11 is 1.61. The van der Waals surface area contributed by atoms with Crippen LogP contribution in [0.4, 0.5) is 0 Å². The lowest BCUT2D eigenvalue weighted by atomic mass is 9.95. The van der Waals surface area contributed by atoms with Crippen LogP contribution in [0.25, 0.3) is 0 Å². The Morgan fingerprint density at radius 2 is 1.89 bits per heavy atom. The number of carbonyl (C=O) groups excluding carboxylic acids is 1. The minimum atomic E-state index is -0.464. The molecule has 0 radical (unpaired) electrons. The molecule has 2 aliphatic rings. The Morgan fingerprint density at radius 3 is 2.55 bits per heavy atom. The average molecular weight is 531 g/mol. The molecule has 7 nitrogen and oxygen atoms in total. The molecule has 38 heavy (non-hydrogen) atoms. The number of aryl methyl sites for hydroxylation is 2. The summed E-state index contributed by atoms with van der Waals surface area (Å²) in [5.74, 6) is 0.569. The van der Waals surface area contributed by atoms with Crippen molar-refractivity contribution in [2.24, 2.45) is 11.7 Å². The van der Waals surface area contributed by atoms with E-state index in [1.54, 1.807) is 20.8 Å². The molecule has 1 aliphatic carbocycles. The van der Waals surface area contributed by atoms with Crippen molar-refractivity contribution < 1.29 is 9.53 Å². The van der Waals surface area contributed by atoms with Gasteiger partial charge in [0.2, 0.25) is 5.75 Å². The Balaban J connectivity index is 1.68. The van der Waals surface area contributed by atoms with Crippen molar-refractivity contribution in [1.82, 2.24) is 14.5 Å². The normalized spacial score (nSPS) is 18.3. The summed E-state index contributed by atoms with van der Waals surface area (Å²) in [5, 5.41) is 2.07. The largest absolute Gasteiger partial charge is 0.478 e. The van der Waals surface area contributed by atoms with Gasteiger partial charge in [-0.2, -0.15) is 0 Å². The number of thiophene rings is 1. The molecule has 8 heteroatoms. The molecule has 198 valence electrons. The summed E-state index contributed by atoms with van der Waals surface area (Å²) in [6.07, 6.45) is 7.62. The van der Waals surface area contributed by atoms with Crippen LogP contribution in [0.3, 0.4) is 0 Å². The van der Waals surface area contributed by atoms with Crippen LogP contribution in [-0.4, -0.2) is 39.6 Å². The van der Waals surface area contributed by atoms with Crippen molar-refractivity contribution in [3.05, 3.63) is 103 Å². The van der Waals surface area contributed by atoms with E-state index in [0.717, 1.165) is 16.0 Å². The quantitative estimate of drug-likeness (QED) is 0.454. The first-order valence-electron chi connectivity index (χ1n) is 13.1. The van der Waals surface area contributed by atoms with E-state index in [1.165, 1.54) is 0 Å². The van der Waals surface area contributed by atoms with Crippen molar-refractivity contribution in [1.29, 1.82) is 0 Å². The maximum atomic E-state index is 14.0. The second-order valence-electron chi connectivity index (χ2n) is 10.4. The number of ether oxygens (including phenoxy) is 1. The van der Waals surface area contributed by atoms with Gasteiger partial charge in [0.25, 0.3) is 11.5 Å². The molecular formula is C30H34N4O3S. The van der Waals surface area contributed by atoms with Crippen LogP contribution >= 0.6 is 11.3 Å². The second-order valence-corrected chi connectivity index (χ2v) is 11.4. The van der Waals surface area contributed by atoms with Crippen LogP contribution in [-0.2, 0) is 6.54 Å². The number of nitrogens with two attached hydrogens (primary N) is 1. The van der Waals surface area contributed by atoms with Gasteiger partial charge in [0, 0.05) is 23.5 Å². The lowest BCUT2D eigenvalue weighted by molar-refractivity contribution is 0.0611. The fourth-order valence-corrected chi connectivity index (χ4v) is 6.13. The topological polar surface area (TPSA) is 90.5 Å². The zero-order valence-corrected chi connectivity index (χ0v) is 23.1. The minimum Gasteiger partial charge on any atom is -0.478 e. The standard InChI is InChI=1S/C30H34N4O3S/c1-18(2)26(33(14-13-31)29(35)21-11-9-19(3)10-12-21)28-32-25-23-7-5-6-8-24(23)37-27(25)30(36)34(28)16-22-15-20(4)17-38-22/h5-12,15,17-18,23-24,26H,13-14,16,31H2,1-4H3. The van der Waals surface area contributed by atoms with E-state index in [9.17, 15) is 9.59 Å². The third-order valence-electron chi connectivity index (χ3n) is 7.10. The molecule has 2 aromatic heterocycles. The maximum absolute atomic E-state index is 14.0. The lowest BCUT2D eigenvalue weighted by Gasteiger charge is -2.35. The van der Waals surface area contributed by atoms with Gasteiger partial charge < -0.3 is 15.4 Å². The summed E-state index contributed by atoms with van der Waals surface area (Å²) in [5.41, 5.74) is 9.27. The first-order chi connectivity index (χ1) is 18.3. The molecule has 1 amide bonds. The van der Waals surface area contributed by atoms with Crippen LogP contribution in [0.15, 0.2) is 64.8 Å². The Labute approximate surface area is 227 Å². The van der Waals surface area contributed by atoms with Crippen LogP contribution in [0.2, 0.25) is 0 Å². The zero-order chi connectivity index (χ0) is 27.0. The monoisotopic (exact) mass is 530 g/mol. The molecule has 0 fully saturated rings. The molecule has 3 unspecified atom stereocenters. The SMILES string of the molecule is Cc1ccc(C(=O)N(CCN)C(c2nc3c(c(=O)n2Cc2cc(C)cs2)OC2C=CC=CC32)C(C)C)cc1. The van der Waals surface area contributed by atoms with E-state index < -0.39 is 6.04 Å². The van der Waals surface area contributed by atoms with Gasteiger partial charge in [-0.25, -0.2) is 4.98 Å². The molecule has 0 bridgehead atoms. The molecular weight excluding hydrogens is 496 g/mol. The van der Waals surface area contributed by atoms with Crippen LogP contribution < -0.4 is 16.0 Å². The molecule has 3 atom stereocenters. The zero-order valence-electron chi connectivity index (χ0n) is 22.3. The van der Waals surface area contributed by atoms with Crippen molar-refractivity contribution in [2.45, 2.75) is 52.3 Å². The number of nitrogens with zero attached hydrogens (tertiary/aromatic N) is 3. The Morgan fingerprint density at radius 1 is 1.16 bits per heavy atom. The van der Waals surface area contributed by atoms with E-state index in [-0.39, 0.29) is 29.4 Å². The first kappa shape index (κ1) is 26.1. The van der Waals surface area contributed by atoms with E-state index >= 15 is 0 Å². The van der Waals surface area contributed by atoms with Crippen molar-refractivity contribution in [3.63, 3.8) is 0 Å². The number of fused-ring (bicyclic) bond motifs is 3. The number of aromatic nitrogens is 2. The number of hydrogen-bond donors (Lipinski definition) is 1. The van der Waals surface area contributed by atoms with Gasteiger partial charge in [0.05, 0.1) is 18.5 Å². The van der Waals surface area contributed by atoms with E-state index in [2.05, 4.69) is 25.3 Å². The molecule has 0 saturated heterocycles. The highest BCUT2D eigenvalue weighted by atomic mass is 32.1. The van der Waals surface area contributed by atoms with E-state index in [0.29, 0.717) is 42.5 Å². The number of allylic oxidation sites excluding steroid dienone is 2. The molecule has 5 rings (SSSR count). The number of hydrogen-bond acceptors (Lipinski definition) is 6. The molecule has 2 N–H and O–H groups in total. The van der Waals surface area contributed by atoms with E-state index in [1.807, 2.05) is 62.4 Å². The van der Waals surface area contributed by atoms with Crippen molar-refractivity contribution in [3.8, 4) is 5.75 Å². The fraction of sp³-hybridized carbons (Fsp3) is 0.367. The third kappa shape index (κ3) is 4.86. The van der Waals surface area contributed by atoms with Crippen molar-refractivity contribution >= 4 is 17.2 Å². The van der Waals surface area contributed by atoms with Gasteiger partial charge in [-0.1, -0.05) is 49.8 Å². The predicted octanol–water partition coefficient (Wildman–Crippen LogP) is 4.74. The number of benzene rings is 1. The predicted molar refractivity (Wildman–Crippen MR) is 151 cm³/mol. The molecule has 1 aliphatic heterocycles. The minimum absolute atomic E-state index is 0.0304. The molecule has 0 spiro atoms. The lowest BCUT2D eigenvalue weighted by Crippen LogP contribution is -2.43. The van der Waals surface area contributed by atoms with E-state index in [4.69, 9.17) is 15.5 Å². The first-order valence-corrected chi connectivity index (χ1v) is 13.9. The van der Waals surface area contributed by atoms with Gasteiger partial charge in [0.1, 0.15) is 17.6 Å². The van der Waals surface area contributed by atoms with Crippen molar-refractivity contribution in [2.75, 3.05) is 13.1 Å². The third-order valence-corrected chi connectivity index (χ3v) is 8.14. The summed E-state index contributed by atoms with van der Waals surface area (Å²) < 4.78 is 7.83. The molecule has 0 saturated carbocycles. The van der Waals surface area contributed by atoms with Gasteiger partial charge in [0.15, 0.2) is 0 Å². The molecule has 1 aromatic carbocycles. The summed E-state index contributed by atoms with van der Waals surface area (Å²) in [4.78, 5) is 35.9. The Bertz CT molecular complexity index is 1450. The number of rotatable bonds is 8. The van der Waals surface area contributed by atoms with Crippen LogP contribution in [0.5, 0.6) is 5.75 Å². The van der Waals surface area contributed by atoms with Gasteiger partial charge >= 0.3 is 0 Å². The Hall–Kier alpha value is -3.49. The average Bonchev–Trinajstić information content (AvgIpc) is 3.49. The fourth-order valence-electron chi connectivity index (χ4n) is 5.26. The van der Waals surface area contributed by atoms with Crippen LogP contribution in [0, 0.1) is 19.8 Å². The Kier molecular flexibility index (Phi) is 7.36. The molecule has 3 aromatic rings. The highest BCUT2D eigenvalue weighted by molar-refractivity contribution is 7.10. The second kappa shape index (κ2) is 10.7. The highest BCUT2D eigenvalue weighted by Gasteiger charge is 2.40. The smallest absolute Gasteiger partial charge is 0.296 e. The summed E-state index contributed by atoms with van der Waals surface area (Å²) in [6.45, 7) is 9.13. The maximum Gasteiger partial charge on any atom is 0.296 e. The van der Waals surface area contributed by atoms with Gasteiger partial charge in [-0.05, 0) is 55.0 Å². The number of carbonyl (C=O) groups is 1. The highest BCUT2D eigenvalue weighted by Crippen LogP contribution is 2.40. The summed E-state index contributed by atoms with van der Waals surface area (Å²) in [6, 6.07) is 9.16. The molecule has 3 heterocycles. The number of amides is 1. The van der Waals surface area contributed by atoms with Crippen LogP contribution in [0.1, 0.15) is 63.7 Å². The summed E-state index contributed by atoms with van der Waals surface area (Å²) in [7, 11) is 0. The van der Waals surface area contributed by atoms with Gasteiger partial charge in [-0.15, -0.1) is 11.3 Å². The van der Waals surface area contributed by atoms with Gasteiger partial charge in [-0.3, -0.25) is 14.2 Å².